The largest absolute Gasteiger partial charge is 0.354 e. The van der Waals surface area contributed by atoms with Crippen molar-refractivity contribution in [1.82, 2.24) is 10.6 Å². The van der Waals surface area contributed by atoms with Gasteiger partial charge in [-0.3, -0.25) is 4.79 Å². The quantitative estimate of drug-likeness (QED) is 0.686. The molecule has 0 spiro atoms. The molecule has 1 saturated heterocycles. The first kappa shape index (κ1) is 12.8. The number of nitrogens with one attached hydrogen (secondary N) is 2. The van der Waals surface area contributed by atoms with E-state index in [1.807, 2.05) is 0 Å². The zero-order valence-electron chi connectivity index (χ0n) is 9.94. The summed E-state index contributed by atoms with van der Waals surface area (Å²) in [6, 6.07) is -0.124. The highest BCUT2D eigenvalue weighted by Gasteiger charge is 2.28. The first-order valence-corrected chi connectivity index (χ1v) is 8.10. The fourth-order valence-corrected chi connectivity index (χ4v) is 3.72. The van der Waals surface area contributed by atoms with Gasteiger partial charge in [-0.2, -0.15) is 0 Å². The molecule has 0 radical (unpaired) electrons. The standard InChI is InChI=1S/C11H20N2O3S/c14-11(10-2-1-5-12-10)13-6-7-17(15,16)8-9-3-4-9/h9-10,12H,1-8H2,(H,13,14). The van der Waals surface area contributed by atoms with Crippen molar-refractivity contribution in [1.29, 1.82) is 0 Å². The number of carbonyl (C=O) groups is 1. The molecule has 0 aromatic rings. The van der Waals surface area contributed by atoms with E-state index < -0.39 is 9.84 Å². The van der Waals surface area contributed by atoms with Crippen LogP contribution >= 0.6 is 0 Å². The number of carbonyl (C=O) groups excluding carboxylic acids is 1. The minimum Gasteiger partial charge on any atom is -0.354 e. The number of hydrogen-bond acceptors (Lipinski definition) is 4. The van der Waals surface area contributed by atoms with Gasteiger partial charge in [-0.15, -0.1) is 0 Å². The van der Waals surface area contributed by atoms with E-state index in [1.165, 1.54) is 0 Å². The Balaban J connectivity index is 1.65. The minimum absolute atomic E-state index is 0.0656. The van der Waals surface area contributed by atoms with Gasteiger partial charge < -0.3 is 10.6 Å². The molecule has 1 amide bonds. The van der Waals surface area contributed by atoms with Crippen molar-refractivity contribution in [2.24, 2.45) is 5.92 Å². The molecule has 1 aliphatic heterocycles. The van der Waals surface area contributed by atoms with Gasteiger partial charge in [0, 0.05) is 6.54 Å². The van der Waals surface area contributed by atoms with Crippen molar-refractivity contribution < 1.29 is 13.2 Å². The van der Waals surface area contributed by atoms with Gasteiger partial charge in [0.2, 0.25) is 5.91 Å². The van der Waals surface area contributed by atoms with Crippen LogP contribution in [0.15, 0.2) is 0 Å². The first-order valence-electron chi connectivity index (χ1n) is 6.28. The summed E-state index contributed by atoms with van der Waals surface area (Å²) in [6.07, 6.45) is 3.94. The Kier molecular flexibility index (Phi) is 4.04. The molecule has 1 heterocycles. The van der Waals surface area contributed by atoms with Crippen LogP contribution in [0.25, 0.3) is 0 Å². The van der Waals surface area contributed by atoms with Crippen molar-refractivity contribution >= 4 is 15.7 Å². The van der Waals surface area contributed by atoms with Crippen LogP contribution in [0.1, 0.15) is 25.7 Å². The molecular weight excluding hydrogens is 240 g/mol. The van der Waals surface area contributed by atoms with E-state index in [2.05, 4.69) is 10.6 Å². The third kappa shape index (κ3) is 4.27. The van der Waals surface area contributed by atoms with Crippen LogP contribution in [-0.4, -0.2) is 45.0 Å². The van der Waals surface area contributed by atoms with Gasteiger partial charge in [-0.05, 0) is 38.1 Å². The second kappa shape index (κ2) is 5.35. The lowest BCUT2D eigenvalue weighted by Gasteiger charge is -2.11. The molecule has 1 atom stereocenters. The molecule has 5 nitrogen and oxygen atoms in total. The van der Waals surface area contributed by atoms with E-state index >= 15 is 0 Å². The third-order valence-electron chi connectivity index (χ3n) is 3.28. The lowest BCUT2D eigenvalue weighted by molar-refractivity contribution is -0.122. The average Bonchev–Trinajstić information content (AvgIpc) is 2.89. The molecule has 1 saturated carbocycles. The Morgan fingerprint density at radius 3 is 2.65 bits per heavy atom. The highest BCUT2D eigenvalue weighted by molar-refractivity contribution is 7.91. The van der Waals surface area contributed by atoms with E-state index in [0.717, 1.165) is 32.2 Å². The highest BCUT2D eigenvalue weighted by atomic mass is 32.2. The molecule has 0 aromatic carbocycles. The smallest absolute Gasteiger partial charge is 0.237 e. The highest BCUT2D eigenvalue weighted by Crippen LogP contribution is 2.30. The van der Waals surface area contributed by atoms with Gasteiger partial charge in [-0.25, -0.2) is 8.42 Å². The molecule has 2 rings (SSSR count). The molecule has 2 fully saturated rings. The molecule has 0 bridgehead atoms. The van der Waals surface area contributed by atoms with Crippen LogP contribution < -0.4 is 10.6 Å². The van der Waals surface area contributed by atoms with Gasteiger partial charge >= 0.3 is 0 Å². The van der Waals surface area contributed by atoms with Crippen LogP contribution in [0, 0.1) is 5.92 Å². The monoisotopic (exact) mass is 260 g/mol. The number of hydrogen-bond donors (Lipinski definition) is 2. The summed E-state index contributed by atoms with van der Waals surface area (Å²) in [5.41, 5.74) is 0. The number of rotatable bonds is 6. The zero-order valence-corrected chi connectivity index (χ0v) is 10.8. The fourth-order valence-electron chi connectivity index (χ4n) is 2.09. The summed E-state index contributed by atoms with van der Waals surface area (Å²) in [4.78, 5) is 11.6. The maximum atomic E-state index is 11.6. The van der Waals surface area contributed by atoms with Crippen molar-refractivity contribution in [3.05, 3.63) is 0 Å². The summed E-state index contributed by atoms with van der Waals surface area (Å²) in [5.74, 6) is 0.684. The number of amides is 1. The van der Waals surface area contributed by atoms with Crippen LogP contribution in [0.4, 0.5) is 0 Å². The van der Waals surface area contributed by atoms with Crippen molar-refractivity contribution in [2.75, 3.05) is 24.6 Å². The maximum absolute atomic E-state index is 11.6. The predicted octanol–water partition coefficient (Wildman–Crippen LogP) is -0.321. The van der Waals surface area contributed by atoms with Crippen LogP contribution in [-0.2, 0) is 14.6 Å². The van der Waals surface area contributed by atoms with E-state index in [1.54, 1.807) is 0 Å². The first-order chi connectivity index (χ1) is 8.07. The SMILES string of the molecule is O=C(NCCS(=O)(=O)CC1CC1)C1CCCN1. The van der Waals surface area contributed by atoms with E-state index in [4.69, 9.17) is 0 Å². The molecule has 6 heteroatoms. The molecule has 0 aromatic heterocycles. The molecule has 98 valence electrons. The van der Waals surface area contributed by atoms with Gasteiger partial charge in [0.1, 0.15) is 0 Å². The van der Waals surface area contributed by atoms with Gasteiger partial charge in [0.05, 0.1) is 17.5 Å². The van der Waals surface area contributed by atoms with E-state index in [0.29, 0.717) is 11.7 Å². The van der Waals surface area contributed by atoms with Crippen LogP contribution in [0.2, 0.25) is 0 Å². The fraction of sp³-hybridized carbons (Fsp3) is 0.909. The van der Waals surface area contributed by atoms with Crippen LogP contribution in [0.3, 0.4) is 0 Å². The summed E-state index contributed by atoms with van der Waals surface area (Å²) in [5, 5.41) is 5.78. The second-order valence-electron chi connectivity index (χ2n) is 5.00. The van der Waals surface area contributed by atoms with Crippen molar-refractivity contribution in [2.45, 2.75) is 31.7 Å². The Morgan fingerprint density at radius 2 is 2.06 bits per heavy atom. The number of sulfone groups is 1. The predicted molar refractivity (Wildman–Crippen MR) is 65.4 cm³/mol. The summed E-state index contributed by atoms with van der Waals surface area (Å²) >= 11 is 0. The topological polar surface area (TPSA) is 75.3 Å². The average molecular weight is 260 g/mol. The molecular formula is C11H20N2O3S. The lowest BCUT2D eigenvalue weighted by atomic mass is 10.2. The normalized spacial score (nSPS) is 24.8. The van der Waals surface area contributed by atoms with Crippen molar-refractivity contribution in [3.63, 3.8) is 0 Å². The van der Waals surface area contributed by atoms with E-state index in [9.17, 15) is 13.2 Å². The molecule has 1 unspecified atom stereocenters. The minimum atomic E-state index is -2.97. The molecule has 2 aliphatic rings. The van der Waals surface area contributed by atoms with Gasteiger partial charge in [-0.1, -0.05) is 0 Å². The lowest BCUT2D eigenvalue weighted by Crippen LogP contribution is -2.42. The van der Waals surface area contributed by atoms with E-state index in [-0.39, 0.29) is 24.2 Å². The molecule has 1 aliphatic carbocycles. The van der Waals surface area contributed by atoms with Gasteiger partial charge in [0.15, 0.2) is 9.84 Å². The molecule has 2 N–H and O–H groups in total. The third-order valence-corrected chi connectivity index (χ3v) is 5.08. The summed E-state index contributed by atoms with van der Waals surface area (Å²) in [7, 11) is -2.97. The Morgan fingerprint density at radius 1 is 1.29 bits per heavy atom. The zero-order chi connectivity index (χ0) is 12.3. The second-order valence-corrected chi connectivity index (χ2v) is 7.23. The Hall–Kier alpha value is -0.620. The summed E-state index contributed by atoms with van der Waals surface area (Å²) in [6.45, 7) is 1.12. The van der Waals surface area contributed by atoms with Crippen molar-refractivity contribution in [3.8, 4) is 0 Å². The Labute approximate surface area is 102 Å². The molecule has 17 heavy (non-hydrogen) atoms. The van der Waals surface area contributed by atoms with Gasteiger partial charge in [0.25, 0.3) is 0 Å². The maximum Gasteiger partial charge on any atom is 0.237 e. The summed E-state index contributed by atoms with van der Waals surface area (Å²) < 4.78 is 23.2. The Bertz CT molecular complexity index is 370. The van der Waals surface area contributed by atoms with Crippen LogP contribution in [0.5, 0.6) is 0 Å².